The Morgan fingerprint density at radius 2 is 1.74 bits per heavy atom. The smallest absolute Gasteiger partial charge is 0.313 e. The number of nitrogens with one attached hydrogen (secondary N) is 2. The summed E-state index contributed by atoms with van der Waals surface area (Å²) in [5, 5.41) is 5.99. The number of amides is 2. The van der Waals surface area contributed by atoms with Crippen molar-refractivity contribution in [3.05, 3.63) is 89.2 Å². The maximum atomic E-state index is 12.6. The molecule has 0 radical (unpaired) electrons. The third kappa shape index (κ3) is 5.73. The van der Waals surface area contributed by atoms with E-state index in [0.717, 1.165) is 37.3 Å². The second kappa shape index (κ2) is 11.1. The molecule has 4 rings (SSSR count). The minimum atomic E-state index is -0.718. The van der Waals surface area contributed by atoms with E-state index in [4.69, 9.17) is 11.6 Å². The number of nitrogens with zero attached hydrogens (tertiary/aromatic N) is 3. The monoisotopic (exact) mass is 477 g/mol. The van der Waals surface area contributed by atoms with Crippen molar-refractivity contribution >= 4 is 34.8 Å². The Kier molecular flexibility index (Phi) is 7.77. The molecule has 2 amide bonds. The van der Waals surface area contributed by atoms with Crippen LogP contribution >= 0.6 is 11.6 Å². The third-order valence-corrected chi connectivity index (χ3v) is 6.53. The molecule has 1 aliphatic rings. The maximum absolute atomic E-state index is 12.6. The molecule has 2 heterocycles. The van der Waals surface area contributed by atoms with E-state index in [1.807, 2.05) is 36.5 Å². The summed E-state index contributed by atoms with van der Waals surface area (Å²) in [6.45, 7) is 5.52. The molecule has 0 bridgehead atoms. The lowest BCUT2D eigenvalue weighted by Gasteiger charge is -2.40. The fourth-order valence-electron chi connectivity index (χ4n) is 4.15. The summed E-state index contributed by atoms with van der Waals surface area (Å²) in [7, 11) is 0. The van der Waals surface area contributed by atoms with Crippen LogP contribution in [0.1, 0.15) is 17.2 Å². The van der Waals surface area contributed by atoms with Crippen molar-refractivity contribution in [2.75, 3.05) is 42.9 Å². The highest BCUT2D eigenvalue weighted by molar-refractivity contribution is 6.40. The van der Waals surface area contributed by atoms with Gasteiger partial charge in [0.2, 0.25) is 0 Å². The van der Waals surface area contributed by atoms with E-state index in [0.29, 0.717) is 17.3 Å². The molecule has 0 unspecified atom stereocenters. The topological polar surface area (TPSA) is 77.6 Å². The number of benzene rings is 2. The van der Waals surface area contributed by atoms with E-state index in [9.17, 15) is 9.59 Å². The molecule has 34 heavy (non-hydrogen) atoms. The van der Waals surface area contributed by atoms with Crippen LogP contribution in [0, 0.1) is 6.92 Å². The maximum Gasteiger partial charge on any atom is 0.313 e. The van der Waals surface area contributed by atoms with Gasteiger partial charge in [0.05, 0.1) is 6.04 Å². The number of aromatic nitrogens is 1. The molecule has 8 heteroatoms. The minimum absolute atomic E-state index is 0.0868. The van der Waals surface area contributed by atoms with Gasteiger partial charge in [0.1, 0.15) is 0 Å². The van der Waals surface area contributed by atoms with Gasteiger partial charge >= 0.3 is 11.8 Å². The molecule has 0 aliphatic carbocycles. The number of halogens is 1. The second-order valence-corrected chi connectivity index (χ2v) is 8.64. The lowest BCUT2D eigenvalue weighted by atomic mass is 10.1. The van der Waals surface area contributed by atoms with Gasteiger partial charge in [-0.2, -0.15) is 0 Å². The zero-order valence-electron chi connectivity index (χ0n) is 19.1. The van der Waals surface area contributed by atoms with Crippen LogP contribution in [0.5, 0.6) is 0 Å². The molecule has 1 saturated heterocycles. The Morgan fingerprint density at radius 3 is 2.44 bits per heavy atom. The average molecular weight is 478 g/mol. The standard InChI is InChI=1S/C26H28ClN5O2/c1-19-22(27)10-5-11-23(19)30-26(34)25(33)29-18-24(20-7-6-12-28-17-20)32-15-13-31(14-16-32)21-8-3-2-4-9-21/h2-12,17,24H,13-16,18H2,1H3,(H,29,33)(H,30,34)/t24-/m0/s1. The number of carbonyl (C=O) groups excluding carboxylic acids is 2. The van der Waals surface area contributed by atoms with Gasteiger partial charge in [0.15, 0.2) is 0 Å². The van der Waals surface area contributed by atoms with Crippen LogP contribution in [-0.4, -0.2) is 54.4 Å². The highest BCUT2D eigenvalue weighted by Gasteiger charge is 2.27. The highest BCUT2D eigenvalue weighted by atomic mass is 35.5. The van der Waals surface area contributed by atoms with Crippen LogP contribution in [0.4, 0.5) is 11.4 Å². The van der Waals surface area contributed by atoms with Crippen molar-refractivity contribution in [3.8, 4) is 0 Å². The molecule has 1 atom stereocenters. The Morgan fingerprint density at radius 1 is 0.971 bits per heavy atom. The van der Waals surface area contributed by atoms with Gasteiger partial charge in [-0.15, -0.1) is 0 Å². The van der Waals surface area contributed by atoms with Crippen LogP contribution < -0.4 is 15.5 Å². The first-order valence-corrected chi connectivity index (χ1v) is 11.7. The number of para-hydroxylation sites is 1. The number of carbonyl (C=O) groups is 2. The molecule has 2 N–H and O–H groups in total. The van der Waals surface area contributed by atoms with Crippen LogP contribution in [0.25, 0.3) is 0 Å². The number of anilines is 2. The fraction of sp³-hybridized carbons (Fsp3) is 0.269. The number of hydrogen-bond donors (Lipinski definition) is 2. The number of rotatable bonds is 6. The molecule has 1 fully saturated rings. The zero-order valence-corrected chi connectivity index (χ0v) is 19.8. The summed E-state index contributed by atoms with van der Waals surface area (Å²) >= 11 is 6.12. The van der Waals surface area contributed by atoms with Gasteiger partial charge in [-0.25, -0.2) is 0 Å². The highest BCUT2D eigenvalue weighted by Crippen LogP contribution is 2.24. The lowest BCUT2D eigenvalue weighted by Crippen LogP contribution is -2.50. The lowest BCUT2D eigenvalue weighted by molar-refractivity contribution is -0.136. The number of pyridine rings is 1. The molecule has 7 nitrogen and oxygen atoms in total. The van der Waals surface area contributed by atoms with E-state index in [1.165, 1.54) is 5.69 Å². The van der Waals surface area contributed by atoms with Gasteiger partial charge in [-0.05, 0) is 48.4 Å². The molecule has 2 aromatic carbocycles. The van der Waals surface area contributed by atoms with Crippen molar-refractivity contribution in [1.82, 2.24) is 15.2 Å². The van der Waals surface area contributed by atoms with E-state index in [-0.39, 0.29) is 6.04 Å². The zero-order chi connectivity index (χ0) is 23.9. The summed E-state index contributed by atoms with van der Waals surface area (Å²) in [6.07, 6.45) is 3.54. The summed E-state index contributed by atoms with van der Waals surface area (Å²) in [6, 6.07) is 19.3. The van der Waals surface area contributed by atoms with Crippen LogP contribution in [0.15, 0.2) is 73.1 Å². The SMILES string of the molecule is Cc1c(Cl)cccc1NC(=O)C(=O)NC[C@@H](c1cccnc1)N1CCN(c2ccccc2)CC1. The molecule has 1 aromatic heterocycles. The number of hydrogen-bond acceptors (Lipinski definition) is 5. The summed E-state index contributed by atoms with van der Waals surface area (Å²) < 4.78 is 0. The first-order valence-electron chi connectivity index (χ1n) is 11.3. The Hall–Kier alpha value is -3.42. The van der Waals surface area contributed by atoms with E-state index in [2.05, 4.69) is 37.6 Å². The van der Waals surface area contributed by atoms with Gasteiger partial charge in [0.25, 0.3) is 0 Å². The largest absolute Gasteiger partial charge is 0.369 e. The predicted octanol–water partition coefficient (Wildman–Crippen LogP) is 3.66. The predicted molar refractivity (Wildman–Crippen MR) is 135 cm³/mol. The molecular weight excluding hydrogens is 450 g/mol. The summed E-state index contributed by atoms with van der Waals surface area (Å²) in [5.74, 6) is -1.40. The van der Waals surface area contributed by atoms with Crippen molar-refractivity contribution in [2.45, 2.75) is 13.0 Å². The van der Waals surface area contributed by atoms with Gasteiger partial charge in [-0.1, -0.05) is 41.9 Å². The van der Waals surface area contributed by atoms with Crippen molar-refractivity contribution in [2.24, 2.45) is 0 Å². The van der Waals surface area contributed by atoms with Crippen molar-refractivity contribution in [3.63, 3.8) is 0 Å². The van der Waals surface area contributed by atoms with E-state index >= 15 is 0 Å². The Labute approximate surface area is 204 Å². The first kappa shape index (κ1) is 23.7. The van der Waals surface area contributed by atoms with Crippen LogP contribution in [0.2, 0.25) is 5.02 Å². The summed E-state index contributed by atoms with van der Waals surface area (Å²) in [5.41, 5.74) is 3.45. The third-order valence-electron chi connectivity index (χ3n) is 6.12. The Bertz CT molecular complexity index is 1120. The molecule has 0 saturated carbocycles. The van der Waals surface area contributed by atoms with E-state index in [1.54, 1.807) is 31.3 Å². The number of piperazine rings is 1. The van der Waals surface area contributed by atoms with Crippen LogP contribution in [-0.2, 0) is 9.59 Å². The molecule has 3 aromatic rings. The minimum Gasteiger partial charge on any atom is -0.369 e. The van der Waals surface area contributed by atoms with Crippen molar-refractivity contribution < 1.29 is 9.59 Å². The van der Waals surface area contributed by atoms with E-state index < -0.39 is 11.8 Å². The molecule has 176 valence electrons. The van der Waals surface area contributed by atoms with Crippen molar-refractivity contribution in [1.29, 1.82) is 0 Å². The molecule has 0 spiro atoms. The fourth-order valence-corrected chi connectivity index (χ4v) is 4.33. The van der Waals surface area contributed by atoms with Gasteiger partial charge in [-0.3, -0.25) is 19.5 Å². The van der Waals surface area contributed by atoms with Gasteiger partial charge < -0.3 is 15.5 Å². The molecular formula is C26H28ClN5O2. The summed E-state index contributed by atoms with van der Waals surface area (Å²) in [4.78, 5) is 34.0. The van der Waals surface area contributed by atoms with Gasteiger partial charge in [0, 0.05) is 61.5 Å². The van der Waals surface area contributed by atoms with Crippen LogP contribution in [0.3, 0.4) is 0 Å². The molecule has 1 aliphatic heterocycles. The quantitative estimate of drug-likeness (QED) is 0.530. The normalized spacial score (nSPS) is 14.9. The average Bonchev–Trinajstić information content (AvgIpc) is 2.88. The second-order valence-electron chi connectivity index (χ2n) is 8.24. The first-order chi connectivity index (χ1) is 16.5. The Balaban J connectivity index is 1.39.